The number of aliphatic hydroxyl groups excluding tert-OH is 2. The van der Waals surface area contributed by atoms with E-state index in [9.17, 15) is 25.2 Å². The predicted molar refractivity (Wildman–Crippen MR) is 124 cm³/mol. The lowest BCUT2D eigenvalue weighted by atomic mass is 9.46. The molecule has 4 rings (SSSR count). The van der Waals surface area contributed by atoms with Gasteiger partial charge in [0.15, 0.2) is 5.78 Å². The van der Waals surface area contributed by atoms with Gasteiger partial charge in [-0.2, -0.15) is 0 Å². The van der Waals surface area contributed by atoms with Crippen LogP contribution in [0.25, 0.3) is 0 Å². The molecule has 9 unspecified atom stereocenters. The molecule has 32 heavy (non-hydrogen) atoms. The lowest BCUT2D eigenvalue weighted by Crippen LogP contribution is -2.60. The fourth-order valence-corrected chi connectivity index (χ4v) is 8.38. The van der Waals surface area contributed by atoms with Gasteiger partial charge in [0.05, 0.1) is 23.4 Å². The van der Waals surface area contributed by atoms with Crippen molar-refractivity contribution in [3.05, 3.63) is 11.6 Å². The standard InChI is InChI=1S/C27H44O5/c1-16(7-6-10-24(2,3)31)17-9-12-27(32)19-13-21(28)20-14-22(29)23(30)15-25(20,4)18(19)8-11-26(17,27)5/h13,16-18,20,22-23,29-32H,6-12,14-15H2,1-5H3. The van der Waals surface area contributed by atoms with Crippen molar-refractivity contribution < 1.29 is 25.2 Å². The van der Waals surface area contributed by atoms with E-state index in [4.69, 9.17) is 0 Å². The monoisotopic (exact) mass is 448 g/mol. The van der Waals surface area contributed by atoms with Gasteiger partial charge in [0.1, 0.15) is 0 Å². The first-order chi connectivity index (χ1) is 14.7. The van der Waals surface area contributed by atoms with Crippen molar-refractivity contribution >= 4 is 5.78 Å². The SMILES string of the molecule is CC(CCCC(C)(C)O)C1CCC2(O)C3=CC(=O)C4CC(O)C(O)CC4(C)C3CCC12C. The van der Waals surface area contributed by atoms with Crippen molar-refractivity contribution in [3.63, 3.8) is 0 Å². The molecule has 0 heterocycles. The minimum absolute atomic E-state index is 0.0176. The number of carbonyl (C=O) groups is 1. The zero-order chi connectivity index (χ0) is 23.7. The third kappa shape index (κ3) is 3.62. The fraction of sp³-hybridized carbons (Fsp3) is 0.889. The normalized spacial score (nSPS) is 47.3. The summed E-state index contributed by atoms with van der Waals surface area (Å²) in [6, 6.07) is 0. The Balaban J connectivity index is 1.60. The molecule has 4 N–H and O–H groups in total. The first-order valence-corrected chi connectivity index (χ1v) is 12.8. The Labute approximate surface area is 193 Å². The smallest absolute Gasteiger partial charge is 0.159 e. The Kier molecular flexibility index (Phi) is 6.02. The third-order valence-corrected chi connectivity index (χ3v) is 10.3. The quantitative estimate of drug-likeness (QED) is 0.513. The zero-order valence-corrected chi connectivity index (χ0v) is 20.6. The number of ketones is 1. The molecule has 0 aromatic heterocycles. The molecule has 0 aromatic rings. The van der Waals surface area contributed by atoms with Crippen molar-refractivity contribution in [2.45, 2.75) is 116 Å². The number of hydrogen-bond acceptors (Lipinski definition) is 5. The van der Waals surface area contributed by atoms with Crippen molar-refractivity contribution in [2.24, 2.45) is 34.5 Å². The maximum absolute atomic E-state index is 13.2. The molecule has 0 amide bonds. The Morgan fingerprint density at radius 2 is 1.81 bits per heavy atom. The molecular weight excluding hydrogens is 404 g/mol. The van der Waals surface area contributed by atoms with E-state index in [-0.39, 0.29) is 23.0 Å². The molecule has 9 atom stereocenters. The largest absolute Gasteiger partial charge is 0.390 e. The molecule has 4 aliphatic rings. The topological polar surface area (TPSA) is 98.0 Å². The van der Waals surface area contributed by atoms with Gasteiger partial charge >= 0.3 is 0 Å². The second-order valence-corrected chi connectivity index (χ2v) is 12.8. The number of rotatable bonds is 5. The molecule has 4 aliphatic carbocycles. The van der Waals surface area contributed by atoms with Crippen molar-refractivity contribution in [3.8, 4) is 0 Å². The molecule has 182 valence electrons. The van der Waals surface area contributed by atoms with Crippen LogP contribution in [0, 0.1) is 34.5 Å². The van der Waals surface area contributed by atoms with Crippen LogP contribution in [-0.2, 0) is 4.79 Å². The summed E-state index contributed by atoms with van der Waals surface area (Å²) in [6.45, 7) is 10.3. The molecule has 3 saturated carbocycles. The maximum atomic E-state index is 13.2. The average Bonchev–Trinajstić information content (AvgIpc) is 2.95. The molecule has 0 saturated heterocycles. The molecule has 3 fully saturated rings. The summed E-state index contributed by atoms with van der Waals surface area (Å²) in [5.74, 6) is 0.651. The van der Waals surface area contributed by atoms with Crippen LogP contribution in [0.2, 0.25) is 0 Å². The molecule has 0 radical (unpaired) electrons. The molecule has 0 bridgehead atoms. The van der Waals surface area contributed by atoms with Crippen molar-refractivity contribution in [1.29, 1.82) is 0 Å². The molecule has 5 heteroatoms. The lowest BCUT2D eigenvalue weighted by molar-refractivity contribution is -0.153. The van der Waals surface area contributed by atoms with Crippen LogP contribution in [0.3, 0.4) is 0 Å². The first-order valence-electron chi connectivity index (χ1n) is 12.8. The van der Waals surface area contributed by atoms with Gasteiger partial charge in [-0.05, 0) is 93.6 Å². The van der Waals surface area contributed by atoms with E-state index in [2.05, 4.69) is 20.8 Å². The summed E-state index contributed by atoms with van der Waals surface area (Å²) in [4.78, 5) is 13.2. The number of carbonyl (C=O) groups excluding carboxylic acids is 1. The lowest BCUT2D eigenvalue weighted by Gasteiger charge is -2.60. The third-order valence-electron chi connectivity index (χ3n) is 10.3. The molecular formula is C27H44O5. The first kappa shape index (κ1) is 24.4. The fourth-order valence-electron chi connectivity index (χ4n) is 8.38. The molecule has 0 aliphatic heterocycles. The molecule has 5 nitrogen and oxygen atoms in total. The van der Waals surface area contributed by atoms with Crippen LogP contribution >= 0.6 is 0 Å². The number of allylic oxidation sites excluding steroid dienone is 1. The van der Waals surface area contributed by atoms with E-state index >= 15 is 0 Å². The average molecular weight is 449 g/mol. The Morgan fingerprint density at radius 1 is 1.12 bits per heavy atom. The van der Waals surface area contributed by atoms with E-state index < -0.39 is 28.8 Å². The van der Waals surface area contributed by atoms with E-state index in [1.807, 2.05) is 13.8 Å². The van der Waals surface area contributed by atoms with E-state index in [0.717, 1.165) is 44.1 Å². The Morgan fingerprint density at radius 3 is 2.47 bits per heavy atom. The van der Waals surface area contributed by atoms with Crippen LogP contribution in [0.1, 0.15) is 92.4 Å². The summed E-state index contributed by atoms with van der Waals surface area (Å²) in [7, 11) is 0. The van der Waals surface area contributed by atoms with Gasteiger partial charge in [-0.3, -0.25) is 4.79 Å². The van der Waals surface area contributed by atoms with Crippen LogP contribution < -0.4 is 0 Å². The summed E-state index contributed by atoms with van der Waals surface area (Å²) in [5.41, 5.74) is -1.39. The maximum Gasteiger partial charge on any atom is 0.159 e. The molecule has 0 aromatic carbocycles. The van der Waals surface area contributed by atoms with Crippen molar-refractivity contribution in [2.75, 3.05) is 0 Å². The second-order valence-electron chi connectivity index (χ2n) is 12.8. The minimum Gasteiger partial charge on any atom is -0.390 e. The van der Waals surface area contributed by atoms with Crippen LogP contribution in [-0.4, -0.2) is 49.6 Å². The van der Waals surface area contributed by atoms with Gasteiger partial charge in [-0.25, -0.2) is 0 Å². The van der Waals surface area contributed by atoms with Gasteiger partial charge in [-0.15, -0.1) is 0 Å². The van der Waals surface area contributed by atoms with Crippen LogP contribution in [0.4, 0.5) is 0 Å². The highest BCUT2D eigenvalue weighted by molar-refractivity contribution is 5.95. The van der Waals surface area contributed by atoms with E-state index in [1.54, 1.807) is 6.08 Å². The van der Waals surface area contributed by atoms with Gasteiger partial charge in [0.25, 0.3) is 0 Å². The highest BCUT2D eigenvalue weighted by atomic mass is 16.3. The van der Waals surface area contributed by atoms with Crippen LogP contribution in [0.15, 0.2) is 11.6 Å². The number of fused-ring (bicyclic) bond motifs is 5. The highest BCUT2D eigenvalue weighted by Gasteiger charge is 2.66. The summed E-state index contributed by atoms with van der Waals surface area (Å²) >= 11 is 0. The van der Waals surface area contributed by atoms with Crippen molar-refractivity contribution in [1.82, 2.24) is 0 Å². The second kappa shape index (κ2) is 7.90. The Bertz CT molecular complexity index is 783. The highest BCUT2D eigenvalue weighted by Crippen LogP contribution is 2.68. The minimum atomic E-state index is -0.976. The van der Waals surface area contributed by atoms with E-state index in [1.165, 1.54) is 0 Å². The Hall–Kier alpha value is -0.750. The summed E-state index contributed by atoms with van der Waals surface area (Å²) in [6.07, 6.45) is 7.07. The van der Waals surface area contributed by atoms with Crippen LogP contribution in [0.5, 0.6) is 0 Å². The van der Waals surface area contributed by atoms with Gasteiger partial charge in [0.2, 0.25) is 0 Å². The predicted octanol–water partition coefficient (Wildman–Crippen LogP) is 3.77. The number of hydrogen-bond donors (Lipinski definition) is 4. The van der Waals surface area contributed by atoms with Gasteiger partial charge < -0.3 is 20.4 Å². The van der Waals surface area contributed by atoms with E-state index in [0.29, 0.717) is 31.1 Å². The van der Waals surface area contributed by atoms with Gasteiger partial charge in [0, 0.05) is 11.3 Å². The summed E-state index contributed by atoms with van der Waals surface area (Å²) < 4.78 is 0. The van der Waals surface area contributed by atoms with Gasteiger partial charge in [-0.1, -0.05) is 33.6 Å². The molecule has 0 spiro atoms. The zero-order valence-electron chi connectivity index (χ0n) is 20.6. The summed E-state index contributed by atoms with van der Waals surface area (Å²) in [5, 5.41) is 42.9. The number of aliphatic hydroxyl groups is 4.